The molecule has 1 aromatic carbocycles. The van der Waals surface area contributed by atoms with Crippen LogP contribution in [0.1, 0.15) is 49.0 Å². The molecule has 0 radical (unpaired) electrons. The summed E-state index contributed by atoms with van der Waals surface area (Å²) < 4.78 is 13.2. The van der Waals surface area contributed by atoms with Gasteiger partial charge in [-0.2, -0.15) is 0 Å². The Balaban J connectivity index is 2.61. The Labute approximate surface area is 115 Å². The lowest BCUT2D eigenvalue weighted by atomic mass is 9.87. The van der Waals surface area contributed by atoms with Gasteiger partial charge in [-0.25, -0.2) is 4.39 Å². The van der Waals surface area contributed by atoms with Crippen molar-refractivity contribution in [3.05, 3.63) is 35.1 Å². The van der Waals surface area contributed by atoms with Gasteiger partial charge in [-0.3, -0.25) is 4.79 Å². The van der Waals surface area contributed by atoms with Gasteiger partial charge in [-0.05, 0) is 61.9 Å². The lowest BCUT2D eigenvalue weighted by molar-refractivity contribution is 0.0969. The van der Waals surface area contributed by atoms with Crippen molar-refractivity contribution in [1.82, 2.24) is 0 Å². The number of hydrogen-bond acceptors (Lipinski definition) is 2. The molecule has 0 aromatic heterocycles. The molecule has 0 saturated carbocycles. The van der Waals surface area contributed by atoms with Crippen LogP contribution in [-0.2, 0) is 0 Å². The molecule has 3 heteroatoms. The van der Waals surface area contributed by atoms with Crippen molar-refractivity contribution in [2.45, 2.75) is 40.0 Å². The standard InChI is InChI=1S/C16H24FNO/c1-11(2)13(8-9-18)5-7-16(19)14-4-6-15(17)12(3)10-14/h4,6,10-11,13H,5,7-9,18H2,1-3H3. The van der Waals surface area contributed by atoms with Crippen LogP contribution in [0.2, 0.25) is 0 Å². The minimum atomic E-state index is -0.264. The first kappa shape index (κ1) is 15.8. The second-order valence-electron chi connectivity index (χ2n) is 5.51. The monoisotopic (exact) mass is 265 g/mol. The summed E-state index contributed by atoms with van der Waals surface area (Å²) in [5.74, 6) is 0.840. The number of benzene rings is 1. The van der Waals surface area contributed by atoms with Gasteiger partial charge in [-0.15, -0.1) is 0 Å². The number of aryl methyl sites for hydroxylation is 1. The number of carbonyl (C=O) groups excluding carboxylic acids is 1. The fourth-order valence-corrected chi connectivity index (χ4v) is 2.30. The van der Waals surface area contributed by atoms with Gasteiger partial charge in [0.25, 0.3) is 0 Å². The third-order valence-corrected chi connectivity index (χ3v) is 3.70. The summed E-state index contributed by atoms with van der Waals surface area (Å²) in [5, 5.41) is 0. The van der Waals surface area contributed by atoms with Gasteiger partial charge >= 0.3 is 0 Å². The SMILES string of the molecule is Cc1cc(C(=O)CCC(CCN)C(C)C)ccc1F. The highest BCUT2D eigenvalue weighted by atomic mass is 19.1. The predicted octanol–water partition coefficient (Wildman–Crippen LogP) is 3.72. The summed E-state index contributed by atoms with van der Waals surface area (Å²) >= 11 is 0. The van der Waals surface area contributed by atoms with Crippen LogP contribution in [0.3, 0.4) is 0 Å². The van der Waals surface area contributed by atoms with Crippen LogP contribution in [0.15, 0.2) is 18.2 Å². The highest BCUT2D eigenvalue weighted by molar-refractivity contribution is 5.96. The lowest BCUT2D eigenvalue weighted by Gasteiger charge is -2.19. The van der Waals surface area contributed by atoms with Gasteiger partial charge in [0.1, 0.15) is 5.82 Å². The third kappa shape index (κ3) is 4.75. The van der Waals surface area contributed by atoms with Gasteiger partial charge in [-0.1, -0.05) is 13.8 Å². The van der Waals surface area contributed by atoms with Gasteiger partial charge in [0.2, 0.25) is 0 Å². The highest BCUT2D eigenvalue weighted by Crippen LogP contribution is 2.22. The van der Waals surface area contributed by atoms with E-state index in [1.165, 1.54) is 6.07 Å². The first-order chi connectivity index (χ1) is 8.95. The second-order valence-corrected chi connectivity index (χ2v) is 5.51. The molecule has 0 heterocycles. The summed E-state index contributed by atoms with van der Waals surface area (Å²) in [5.41, 5.74) is 6.72. The molecule has 1 aromatic rings. The molecule has 0 aliphatic carbocycles. The fourth-order valence-electron chi connectivity index (χ4n) is 2.30. The number of rotatable bonds is 7. The summed E-state index contributed by atoms with van der Waals surface area (Å²) in [6.45, 7) is 6.66. The van der Waals surface area contributed by atoms with E-state index in [4.69, 9.17) is 5.73 Å². The number of nitrogens with two attached hydrogens (primary N) is 1. The summed E-state index contributed by atoms with van der Waals surface area (Å²) in [6, 6.07) is 4.56. The van der Waals surface area contributed by atoms with E-state index in [1.54, 1.807) is 19.1 Å². The predicted molar refractivity (Wildman–Crippen MR) is 76.7 cm³/mol. The van der Waals surface area contributed by atoms with Crippen molar-refractivity contribution in [2.75, 3.05) is 6.54 Å². The van der Waals surface area contributed by atoms with Gasteiger partial charge < -0.3 is 5.73 Å². The largest absolute Gasteiger partial charge is 0.330 e. The molecule has 1 atom stereocenters. The first-order valence-corrected chi connectivity index (χ1v) is 6.95. The van der Waals surface area contributed by atoms with Crippen LogP contribution >= 0.6 is 0 Å². The van der Waals surface area contributed by atoms with E-state index in [2.05, 4.69) is 13.8 Å². The Bertz CT molecular complexity index is 429. The average molecular weight is 265 g/mol. The Morgan fingerprint density at radius 3 is 2.53 bits per heavy atom. The molecule has 0 fully saturated rings. The molecular formula is C16H24FNO. The van der Waals surface area contributed by atoms with Crippen LogP contribution in [0.4, 0.5) is 4.39 Å². The zero-order valence-electron chi connectivity index (χ0n) is 12.1. The first-order valence-electron chi connectivity index (χ1n) is 6.95. The maximum atomic E-state index is 13.2. The molecule has 19 heavy (non-hydrogen) atoms. The Hall–Kier alpha value is -1.22. The van der Waals surface area contributed by atoms with Crippen molar-refractivity contribution in [2.24, 2.45) is 17.6 Å². The molecule has 0 aliphatic rings. The molecule has 0 spiro atoms. The number of halogens is 1. The third-order valence-electron chi connectivity index (χ3n) is 3.70. The van der Waals surface area contributed by atoms with E-state index in [-0.39, 0.29) is 11.6 Å². The number of hydrogen-bond donors (Lipinski definition) is 1. The van der Waals surface area contributed by atoms with Crippen LogP contribution in [-0.4, -0.2) is 12.3 Å². The summed E-state index contributed by atoms with van der Waals surface area (Å²) in [6.07, 6.45) is 2.31. The van der Waals surface area contributed by atoms with E-state index >= 15 is 0 Å². The molecular weight excluding hydrogens is 241 g/mol. The molecule has 0 bridgehead atoms. The number of ketones is 1. The van der Waals surface area contributed by atoms with Gasteiger partial charge in [0.15, 0.2) is 5.78 Å². The molecule has 106 valence electrons. The molecule has 2 N–H and O–H groups in total. The van der Waals surface area contributed by atoms with Crippen molar-refractivity contribution in [1.29, 1.82) is 0 Å². The van der Waals surface area contributed by atoms with Crippen molar-refractivity contribution < 1.29 is 9.18 Å². The zero-order chi connectivity index (χ0) is 14.4. The molecule has 0 amide bonds. The zero-order valence-corrected chi connectivity index (χ0v) is 12.1. The fraction of sp³-hybridized carbons (Fsp3) is 0.562. The maximum Gasteiger partial charge on any atom is 0.162 e. The molecule has 0 aliphatic heterocycles. The molecule has 1 unspecified atom stereocenters. The Morgan fingerprint density at radius 1 is 1.32 bits per heavy atom. The van der Waals surface area contributed by atoms with Crippen LogP contribution in [0, 0.1) is 24.6 Å². The number of Topliss-reactive ketones (excluding diaryl/α,β-unsaturated/α-hetero) is 1. The van der Waals surface area contributed by atoms with Gasteiger partial charge in [0.05, 0.1) is 0 Å². The Kier molecular flexibility index (Phi) is 6.16. The summed E-state index contributed by atoms with van der Waals surface area (Å²) in [7, 11) is 0. The molecule has 0 saturated heterocycles. The van der Waals surface area contributed by atoms with E-state index < -0.39 is 0 Å². The van der Waals surface area contributed by atoms with E-state index in [1.807, 2.05) is 0 Å². The Morgan fingerprint density at radius 2 is 2.00 bits per heavy atom. The topological polar surface area (TPSA) is 43.1 Å². The van der Waals surface area contributed by atoms with Crippen molar-refractivity contribution in [3.8, 4) is 0 Å². The van der Waals surface area contributed by atoms with Crippen LogP contribution in [0.25, 0.3) is 0 Å². The quantitative estimate of drug-likeness (QED) is 0.764. The minimum Gasteiger partial charge on any atom is -0.330 e. The number of carbonyl (C=O) groups is 1. The van der Waals surface area contributed by atoms with Crippen molar-refractivity contribution >= 4 is 5.78 Å². The maximum absolute atomic E-state index is 13.2. The van der Waals surface area contributed by atoms with E-state index in [0.717, 1.165) is 12.8 Å². The van der Waals surface area contributed by atoms with E-state index in [0.29, 0.717) is 35.9 Å². The normalized spacial score (nSPS) is 12.7. The van der Waals surface area contributed by atoms with E-state index in [9.17, 15) is 9.18 Å². The smallest absolute Gasteiger partial charge is 0.162 e. The molecule has 2 nitrogen and oxygen atoms in total. The lowest BCUT2D eigenvalue weighted by Crippen LogP contribution is -2.16. The van der Waals surface area contributed by atoms with Crippen LogP contribution < -0.4 is 5.73 Å². The summed E-state index contributed by atoms with van der Waals surface area (Å²) in [4.78, 5) is 12.1. The van der Waals surface area contributed by atoms with Gasteiger partial charge in [0, 0.05) is 12.0 Å². The second kappa shape index (κ2) is 7.39. The minimum absolute atomic E-state index is 0.0887. The average Bonchev–Trinajstić information content (AvgIpc) is 2.37. The van der Waals surface area contributed by atoms with Crippen molar-refractivity contribution in [3.63, 3.8) is 0 Å². The molecule has 1 rings (SSSR count). The highest BCUT2D eigenvalue weighted by Gasteiger charge is 2.15. The van der Waals surface area contributed by atoms with Crippen LogP contribution in [0.5, 0.6) is 0 Å².